The molecule has 1 atom stereocenters. The Morgan fingerprint density at radius 3 is 3.12 bits per heavy atom. The van der Waals surface area contributed by atoms with Crippen LogP contribution in [0.25, 0.3) is 0 Å². The molecule has 1 N–H and O–H groups in total. The van der Waals surface area contributed by atoms with Crippen LogP contribution in [0.1, 0.15) is 46.3 Å². The van der Waals surface area contributed by atoms with Gasteiger partial charge in [0.15, 0.2) is 0 Å². The predicted octanol–water partition coefficient (Wildman–Crippen LogP) is 3.04. The molecule has 3 aromatic rings. The summed E-state index contributed by atoms with van der Waals surface area (Å²) in [5, 5.41) is 2.06. The summed E-state index contributed by atoms with van der Waals surface area (Å²) in [4.78, 5) is 26.8. The molecule has 4 rings (SSSR count). The first-order chi connectivity index (χ1) is 12.2. The first kappa shape index (κ1) is 16.1. The van der Waals surface area contributed by atoms with Crippen LogP contribution in [0.15, 0.2) is 35.5 Å². The van der Waals surface area contributed by atoms with Crippen molar-refractivity contribution in [2.45, 2.75) is 32.2 Å². The second kappa shape index (κ2) is 6.84. The van der Waals surface area contributed by atoms with E-state index >= 15 is 0 Å². The third-order valence-corrected chi connectivity index (χ3v) is 5.46. The van der Waals surface area contributed by atoms with Gasteiger partial charge in [0.2, 0.25) is 0 Å². The molecule has 1 amide bonds. The number of thiazole rings is 1. The van der Waals surface area contributed by atoms with E-state index in [4.69, 9.17) is 0 Å². The average molecular weight is 355 g/mol. The van der Waals surface area contributed by atoms with Crippen molar-refractivity contribution in [2.24, 2.45) is 0 Å². The SMILES string of the molecule is Cc1[nH]ccc1C(=O)N1CCCC(c2nccn2Cc2cscn2)C1. The van der Waals surface area contributed by atoms with E-state index in [-0.39, 0.29) is 11.8 Å². The number of hydrogen-bond donors (Lipinski definition) is 1. The van der Waals surface area contributed by atoms with Gasteiger partial charge in [0.05, 0.1) is 23.3 Å². The molecule has 0 bridgehead atoms. The highest BCUT2D eigenvalue weighted by molar-refractivity contribution is 7.07. The van der Waals surface area contributed by atoms with Crippen molar-refractivity contribution in [2.75, 3.05) is 13.1 Å². The minimum absolute atomic E-state index is 0.112. The fraction of sp³-hybridized carbons (Fsp3) is 0.389. The molecule has 0 aromatic carbocycles. The van der Waals surface area contributed by atoms with E-state index in [0.717, 1.165) is 55.3 Å². The fourth-order valence-electron chi connectivity index (χ4n) is 3.53. The first-order valence-corrected chi connectivity index (χ1v) is 9.48. The first-order valence-electron chi connectivity index (χ1n) is 8.53. The topological polar surface area (TPSA) is 66.8 Å². The molecule has 7 heteroatoms. The molecule has 1 aliphatic heterocycles. The van der Waals surface area contributed by atoms with Gasteiger partial charge in [0.1, 0.15) is 5.82 Å². The average Bonchev–Trinajstić information content (AvgIpc) is 3.37. The Morgan fingerprint density at radius 2 is 2.36 bits per heavy atom. The van der Waals surface area contributed by atoms with E-state index in [1.54, 1.807) is 11.3 Å². The Morgan fingerprint density at radius 1 is 1.44 bits per heavy atom. The van der Waals surface area contributed by atoms with Crippen molar-refractivity contribution in [3.05, 3.63) is 58.3 Å². The van der Waals surface area contributed by atoms with E-state index in [0.29, 0.717) is 0 Å². The van der Waals surface area contributed by atoms with E-state index in [2.05, 4.69) is 24.9 Å². The second-order valence-corrected chi connectivity index (χ2v) is 7.22. The van der Waals surface area contributed by atoms with Gasteiger partial charge in [-0.25, -0.2) is 9.97 Å². The fourth-order valence-corrected chi connectivity index (χ4v) is 4.08. The smallest absolute Gasteiger partial charge is 0.255 e. The molecule has 6 nitrogen and oxygen atoms in total. The lowest BCUT2D eigenvalue weighted by atomic mass is 9.96. The van der Waals surface area contributed by atoms with Gasteiger partial charge in [-0.15, -0.1) is 11.3 Å². The van der Waals surface area contributed by atoms with Crippen LogP contribution >= 0.6 is 11.3 Å². The number of nitrogens with zero attached hydrogens (tertiary/aromatic N) is 4. The molecule has 0 spiro atoms. The molecular formula is C18H21N5OS. The molecule has 4 heterocycles. The number of carbonyl (C=O) groups excluding carboxylic acids is 1. The van der Waals surface area contributed by atoms with Gasteiger partial charge in [-0.05, 0) is 25.8 Å². The lowest BCUT2D eigenvalue weighted by Crippen LogP contribution is -2.40. The Bertz CT molecular complexity index is 851. The summed E-state index contributed by atoms with van der Waals surface area (Å²) in [5.41, 5.74) is 4.60. The normalized spacial score (nSPS) is 17.8. The predicted molar refractivity (Wildman–Crippen MR) is 96.9 cm³/mol. The monoisotopic (exact) mass is 355 g/mol. The van der Waals surface area contributed by atoms with Crippen molar-refractivity contribution in [1.82, 2.24) is 24.4 Å². The third-order valence-electron chi connectivity index (χ3n) is 4.82. The lowest BCUT2D eigenvalue weighted by Gasteiger charge is -2.32. The van der Waals surface area contributed by atoms with Crippen LogP contribution in [-0.4, -0.2) is 43.4 Å². The summed E-state index contributed by atoms with van der Waals surface area (Å²) >= 11 is 1.61. The summed E-state index contributed by atoms with van der Waals surface area (Å²) in [5.74, 6) is 1.43. The van der Waals surface area contributed by atoms with Crippen molar-refractivity contribution >= 4 is 17.2 Å². The number of carbonyl (C=O) groups is 1. The third kappa shape index (κ3) is 3.24. The minimum Gasteiger partial charge on any atom is -0.365 e. The summed E-state index contributed by atoms with van der Waals surface area (Å²) in [6.45, 7) is 4.21. The quantitative estimate of drug-likeness (QED) is 0.782. The number of aromatic amines is 1. The molecule has 1 saturated heterocycles. The van der Waals surface area contributed by atoms with E-state index < -0.39 is 0 Å². The molecule has 1 fully saturated rings. The summed E-state index contributed by atoms with van der Waals surface area (Å²) in [7, 11) is 0. The van der Waals surface area contributed by atoms with Gasteiger partial charge in [-0.2, -0.15) is 0 Å². The van der Waals surface area contributed by atoms with Gasteiger partial charge in [0, 0.05) is 48.7 Å². The molecule has 25 heavy (non-hydrogen) atoms. The zero-order valence-electron chi connectivity index (χ0n) is 14.2. The van der Waals surface area contributed by atoms with Crippen LogP contribution in [0.5, 0.6) is 0 Å². The molecule has 130 valence electrons. The van der Waals surface area contributed by atoms with Gasteiger partial charge < -0.3 is 14.5 Å². The summed E-state index contributed by atoms with van der Waals surface area (Å²) in [6.07, 6.45) is 7.74. The highest BCUT2D eigenvalue weighted by atomic mass is 32.1. The Labute approximate surface area is 150 Å². The number of rotatable bonds is 4. The van der Waals surface area contributed by atoms with Crippen LogP contribution in [0, 0.1) is 6.92 Å². The number of piperidine rings is 1. The standard InChI is InChI=1S/C18H21N5OS/c1-13-16(4-5-19-13)18(24)23-7-2-3-14(9-23)17-20-6-8-22(17)10-15-11-25-12-21-15/h4-6,8,11-12,14,19H,2-3,7,9-10H2,1H3. The number of H-pyrrole nitrogens is 1. The van der Waals surface area contributed by atoms with Gasteiger partial charge in [0.25, 0.3) is 5.91 Å². The van der Waals surface area contributed by atoms with Crippen LogP contribution in [0.4, 0.5) is 0 Å². The largest absolute Gasteiger partial charge is 0.365 e. The van der Waals surface area contributed by atoms with Gasteiger partial charge >= 0.3 is 0 Å². The van der Waals surface area contributed by atoms with Crippen molar-refractivity contribution < 1.29 is 4.79 Å². The van der Waals surface area contributed by atoms with Crippen molar-refractivity contribution in [1.29, 1.82) is 0 Å². The molecule has 3 aromatic heterocycles. The number of aryl methyl sites for hydroxylation is 1. The van der Waals surface area contributed by atoms with Crippen LogP contribution in [-0.2, 0) is 6.54 Å². The molecule has 0 saturated carbocycles. The number of likely N-dealkylation sites (tertiary alicyclic amines) is 1. The van der Waals surface area contributed by atoms with Gasteiger partial charge in [-0.3, -0.25) is 4.79 Å². The summed E-state index contributed by atoms with van der Waals surface area (Å²) < 4.78 is 2.16. The van der Waals surface area contributed by atoms with Crippen LogP contribution < -0.4 is 0 Å². The maximum Gasteiger partial charge on any atom is 0.255 e. The number of amides is 1. The minimum atomic E-state index is 0.112. The highest BCUT2D eigenvalue weighted by Crippen LogP contribution is 2.27. The van der Waals surface area contributed by atoms with Crippen LogP contribution in [0.3, 0.4) is 0 Å². The Hall–Kier alpha value is -2.41. The zero-order chi connectivity index (χ0) is 17.2. The molecule has 0 aliphatic carbocycles. The second-order valence-electron chi connectivity index (χ2n) is 6.50. The maximum absolute atomic E-state index is 12.8. The van der Waals surface area contributed by atoms with E-state index in [9.17, 15) is 4.79 Å². The lowest BCUT2D eigenvalue weighted by molar-refractivity contribution is 0.0703. The molecule has 1 aliphatic rings. The molecule has 1 unspecified atom stereocenters. The number of aromatic nitrogens is 4. The van der Waals surface area contributed by atoms with Crippen LogP contribution in [0.2, 0.25) is 0 Å². The Kier molecular flexibility index (Phi) is 4.40. The molecule has 0 radical (unpaired) electrons. The molecular weight excluding hydrogens is 334 g/mol. The van der Waals surface area contributed by atoms with E-state index in [1.165, 1.54) is 0 Å². The van der Waals surface area contributed by atoms with Gasteiger partial charge in [-0.1, -0.05) is 0 Å². The number of nitrogens with one attached hydrogen (secondary N) is 1. The zero-order valence-corrected chi connectivity index (χ0v) is 15.0. The van der Waals surface area contributed by atoms with Crippen molar-refractivity contribution in [3.63, 3.8) is 0 Å². The summed E-state index contributed by atoms with van der Waals surface area (Å²) in [6, 6.07) is 1.87. The number of hydrogen-bond acceptors (Lipinski definition) is 4. The highest BCUT2D eigenvalue weighted by Gasteiger charge is 2.28. The maximum atomic E-state index is 12.8. The Balaban J connectivity index is 1.51. The van der Waals surface area contributed by atoms with E-state index in [1.807, 2.05) is 42.0 Å². The van der Waals surface area contributed by atoms with Crippen molar-refractivity contribution in [3.8, 4) is 0 Å². The number of imidazole rings is 1.